The number of hydrogen-bond acceptors (Lipinski definition) is 5. The van der Waals surface area contributed by atoms with Crippen molar-refractivity contribution >= 4 is 0 Å². The standard InChI is InChI=1S/C15H21N3O3/c1-10(2)18-15(13(20-3)9-17-18)12(19)7-11-5-6-14(21-4)16-8-11/h5-6,8-10,12,19H,7H2,1-4H3. The third kappa shape index (κ3) is 3.33. The lowest BCUT2D eigenvalue weighted by Gasteiger charge is -2.17. The van der Waals surface area contributed by atoms with Crippen LogP contribution in [0.3, 0.4) is 0 Å². The fourth-order valence-electron chi connectivity index (χ4n) is 2.21. The molecule has 21 heavy (non-hydrogen) atoms. The highest BCUT2D eigenvalue weighted by atomic mass is 16.5. The molecule has 0 saturated carbocycles. The van der Waals surface area contributed by atoms with Crippen LogP contribution in [0.2, 0.25) is 0 Å². The number of ether oxygens (including phenoxy) is 2. The average Bonchev–Trinajstić information content (AvgIpc) is 2.92. The molecule has 0 aromatic carbocycles. The number of methoxy groups -OCH3 is 2. The van der Waals surface area contributed by atoms with Gasteiger partial charge in [-0.2, -0.15) is 5.10 Å². The molecule has 1 N–H and O–H groups in total. The molecule has 6 nitrogen and oxygen atoms in total. The van der Waals surface area contributed by atoms with Gasteiger partial charge in [0.25, 0.3) is 0 Å². The molecule has 0 bridgehead atoms. The lowest BCUT2D eigenvalue weighted by Crippen LogP contribution is -2.14. The van der Waals surface area contributed by atoms with E-state index in [0.717, 1.165) is 5.56 Å². The van der Waals surface area contributed by atoms with Gasteiger partial charge in [-0.1, -0.05) is 6.07 Å². The fourth-order valence-corrected chi connectivity index (χ4v) is 2.21. The minimum absolute atomic E-state index is 0.146. The van der Waals surface area contributed by atoms with E-state index in [1.807, 2.05) is 19.9 Å². The van der Waals surface area contributed by atoms with Crippen LogP contribution in [0.4, 0.5) is 0 Å². The molecule has 6 heteroatoms. The molecular formula is C15H21N3O3. The van der Waals surface area contributed by atoms with Crippen molar-refractivity contribution in [3.05, 3.63) is 35.8 Å². The largest absolute Gasteiger partial charge is 0.493 e. The SMILES string of the molecule is COc1ccc(CC(O)c2c(OC)cnn2C(C)C)cn1. The first-order valence-electron chi connectivity index (χ1n) is 6.85. The molecule has 0 spiro atoms. The molecule has 1 unspecified atom stereocenters. The van der Waals surface area contributed by atoms with Gasteiger partial charge in [0.1, 0.15) is 11.8 Å². The summed E-state index contributed by atoms with van der Waals surface area (Å²) in [6.07, 6.45) is 3.06. The Morgan fingerprint density at radius 3 is 2.48 bits per heavy atom. The van der Waals surface area contributed by atoms with E-state index < -0.39 is 6.10 Å². The molecule has 2 aromatic heterocycles. The van der Waals surface area contributed by atoms with Crippen molar-refractivity contribution in [2.24, 2.45) is 0 Å². The zero-order chi connectivity index (χ0) is 15.4. The number of aliphatic hydroxyl groups excluding tert-OH is 1. The topological polar surface area (TPSA) is 69.4 Å². The summed E-state index contributed by atoms with van der Waals surface area (Å²) in [4.78, 5) is 4.14. The monoisotopic (exact) mass is 291 g/mol. The molecule has 1 atom stereocenters. The number of hydrogen-bond donors (Lipinski definition) is 1. The van der Waals surface area contributed by atoms with Gasteiger partial charge in [0.2, 0.25) is 5.88 Å². The maximum absolute atomic E-state index is 10.5. The molecule has 2 rings (SSSR count). The van der Waals surface area contributed by atoms with Crippen molar-refractivity contribution in [2.45, 2.75) is 32.4 Å². The molecule has 2 heterocycles. The number of rotatable bonds is 6. The summed E-state index contributed by atoms with van der Waals surface area (Å²) >= 11 is 0. The van der Waals surface area contributed by atoms with Gasteiger partial charge in [0, 0.05) is 24.7 Å². The van der Waals surface area contributed by atoms with Crippen LogP contribution < -0.4 is 9.47 Å². The maximum atomic E-state index is 10.5. The highest BCUT2D eigenvalue weighted by Gasteiger charge is 2.21. The van der Waals surface area contributed by atoms with E-state index in [-0.39, 0.29) is 6.04 Å². The number of aliphatic hydroxyl groups is 1. The van der Waals surface area contributed by atoms with E-state index in [1.54, 1.807) is 37.4 Å². The average molecular weight is 291 g/mol. The van der Waals surface area contributed by atoms with Gasteiger partial charge in [-0.05, 0) is 19.4 Å². The molecule has 0 aliphatic carbocycles. The molecule has 2 aromatic rings. The summed E-state index contributed by atoms with van der Waals surface area (Å²) in [5, 5.41) is 14.8. The van der Waals surface area contributed by atoms with Crippen molar-refractivity contribution in [3.63, 3.8) is 0 Å². The van der Waals surface area contributed by atoms with Crippen molar-refractivity contribution < 1.29 is 14.6 Å². The fraction of sp³-hybridized carbons (Fsp3) is 0.467. The third-order valence-electron chi connectivity index (χ3n) is 3.26. The van der Waals surface area contributed by atoms with Crippen LogP contribution in [-0.2, 0) is 6.42 Å². The number of aromatic nitrogens is 3. The van der Waals surface area contributed by atoms with E-state index in [0.29, 0.717) is 23.7 Å². The Morgan fingerprint density at radius 1 is 1.19 bits per heavy atom. The lowest BCUT2D eigenvalue weighted by atomic mass is 10.1. The number of nitrogens with zero attached hydrogens (tertiary/aromatic N) is 3. The Kier molecular flexibility index (Phi) is 4.80. The first-order valence-corrected chi connectivity index (χ1v) is 6.85. The van der Waals surface area contributed by atoms with E-state index in [2.05, 4.69) is 10.1 Å². The Morgan fingerprint density at radius 2 is 1.95 bits per heavy atom. The second-order valence-electron chi connectivity index (χ2n) is 5.07. The van der Waals surface area contributed by atoms with Crippen molar-refractivity contribution in [3.8, 4) is 11.6 Å². The van der Waals surface area contributed by atoms with Gasteiger partial charge in [-0.3, -0.25) is 4.68 Å². The number of pyridine rings is 1. The van der Waals surface area contributed by atoms with E-state index in [9.17, 15) is 5.11 Å². The minimum Gasteiger partial charge on any atom is -0.493 e. The smallest absolute Gasteiger partial charge is 0.212 e. The zero-order valence-corrected chi connectivity index (χ0v) is 12.8. The quantitative estimate of drug-likeness (QED) is 0.883. The second-order valence-corrected chi connectivity index (χ2v) is 5.07. The van der Waals surface area contributed by atoms with Gasteiger partial charge < -0.3 is 14.6 Å². The van der Waals surface area contributed by atoms with Crippen molar-refractivity contribution in [1.82, 2.24) is 14.8 Å². The highest BCUT2D eigenvalue weighted by Crippen LogP contribution is 2.29. The van der Waals surface area contributed by atoms with Crippen molar-refractivity contribution in [1.29, 1.82) is 0 Å². The van der Waals surface area contributed by atoms with Crippen LogP contribution in [-0.4, -0.2) is 34.1 Å². The van der Waals surface area contributed by atoms with E-state index in [1.165, 1.54) is 0 Å². The Balaban J connectivity index is 2.22. The minimum atomic E-state index is -0.708. The summed E-state index contributed by atoms with van der Waals surface area (Å²) in [6.45, 7) is 4.02. The van der Waals surface area contributed by atoms with Crippen LogP contribution in [0, 0.1) is 0 Å². The first kappa shape index (κ1) is 15.3. The zero-order valence-electron chi connectivity index (χ0n) is 12.8. The van der Waals surface area contributed by atoms with E-state index >= 15 is 0 Å². The summed E-state index contributed by atoms with van der Waals surface area (Å²) in [5.41, 5.74) is 1.60. The molecule has 0 aliphatic rings. The van der Waals surface area contributed by atoms with E-state index in [4.69, 9.17) is 9.47 Å². The molecule has 0 saturated heterocycles. The molecule has 0 radical (unpaired) electrons. The maximum Gasteiger partial charge on any atom is 0.212 e. The van der Waals surface area contributed by atoms with Gasteiger partial charge in [0.15, 0.2) is 5.75 Å². The van der Waals surface area contributed by atoms with Crippen LogP contribution in [0.5, 0.6) is 11.6 Å². The highest BCUT2D eigenvalue weighted by molar-refractivity contribution is 5.29. The van der Waals surface area contributed by atoms with Crippen LogP contribution >= 0.6 is 0 Å². The predicted molar refractivity (Wildman–Crippen MR) is 78.6 cm³/mol. The molecular weight excluding hydrogens is 270 g/mol. The van der Waals surface area contributed by atoms with Gasteiger partial charge in [0.05, 0.1) is 20.4 Å². The molecule has 0 fully saturated rings. The second kappa shape index (κ2) is 6.58. The van der Waals surface area contributed by atoms with Gasteiger partial charge in [-0.15, -0.1) is 0 Å². The van der Waals surface area contributed by atoms with Gasteiger partial charge in [-0.25, -0.2) is 4.98 Å². The summed E-state index contributed by atoms with van der Waals surface area (Å²) in [5.74, 6) is 1.15. The Labute approximate surface area is 124 Å². The molecule has 0 amide bonds. The Hall–Kier alpha value is -2.08. The Bertz CT molecular complexity index is 578. The first-order chi connectivity index (χ1) is 10.1. The van der Waals surface area contributed by atoms with Crippen LogP contribution in [0.1, 0.15) is 37.3 Å². The third-order valence-corrected chi connectivity index (χ3v) is 3.26. The molecule has 114 valence electrons. The normalized spacial score (nSPS) is 12.5. The van der Waals surface area contributed by atoms with Crippen molar-refractivity contribution in [2.75, 3.05) is 14.2 Å². The van der Waals surface area contributed by atoms with Crippen LogP contribution in [0.25, 0.3) is 0 Å². The lowest BCUT2D eigenvalue weighted by molar-refractivity contribution is 0.160. The summed E-state index contributed by atoms with van der Waals surface area (Å²) in [7, 11) is 3.15. The van der Waals surface area contributed by atoms with Gasteiger partial charge >= 0.3 is 0 Å². The molecule has 0 aliphatic heterocycles. The predicted octanol–water partition coefficient (Wildman–Crippen LogP) is 2.15. The van der Waals surface area contributed by atoms with Crippen LogP contribution in [0.15, 0.2) is 24.5 Å². The summed E-state index contributed by atoms with van der Waals surface area (Å²) in [6, 6.07) is 3.81. The summed E-state index contributed by atoms with van der Waals surface area (Å²) < 4.78 is 12.1.